The second-order valence-electron chi connectivity index (χ2n) is 10.6. The fourth-order valence-corrected chi connectivity index (χ4v) is 5.21. The number of carbonyl (C=O) groups excluding carboxylic acids is 5. The first kappa shape index (κ1) is 37.3. The van der Waals surface area contributed by atoms with Crippen molar-refractivity contribution in [1.82, 2.24) is 10.6 Å². The highest BCUT2D eigenvalue weighted by Gasteiger charge is 2.51. The number of aliphatic hydroxyl groups excluding tert-OH is 2. The number of aliphatic hydroxyl groups is 2. The standard InChI is InChI=1S/C28H46N2O14/c1-15(32)30-23-27(42-17(3)34)26(41-16(2)33)19(13-22(36)38-4)44-28(23)40-12-7-6-10-21(35)29-11-8-9-18-25(39-5)24(37)20(14-31)43-18/h18-20,23-28,31,37H,6-14H2,1-5H3,(H,29,35)(H,30,32)/t18-,19+,20+,23+,24+,25-,26+,27+,28+/m0/s1. The molecule has 44 heavy (non-hydrogen) atoms. The summed E-state index contributed by atoms with van der Waals surface area (Å²) in [6.45, 7) is 3.71. The highest BCUT2D eigenvalue weighted by atomic mass is 16.7. The van der Waals surface area contributed by atoms with Gasteiger partial charge in [-0.2, -0.15) is 0 Å². The lowest BCUT2D eigenvalue weighted by molar-refractivity contribution is -0.272. The number of rotatable bonds is 17. The molecule has 2 saturated heterocycles. The fourth-order valence-electron chi connectivity index (χ4n) is 5.21. The first-order valence-corrected chi connectivity index (χ1v) is 14.6. The summed E-state index contributed by atoms with van der Waals surface area (Å²) in [7, 11) is 2.65. The summed E-state index contributed by atoms with van der Waals surface area (Å²) in [4.78, 5) is 60.2. The first-order valence-electron chi connectivity index (χ1n) is 14.6. The topological polar surface area (TPSA) is 214 Å². The van der Waals surface area contributed by atoms with Crippen molar-refractivity contribution in [2.45, 2.75) is 114 Å². The Kier molecular flexibility index (Phi) is 15.9. The molecule has 2 fully saturated rings. The van der Waals surface area contributed by atoms with Gasteiger partial charge in [-0.3, -0.25) is 24.0 Å². The Balaban J connectivity index is 1.88. The number of unbranched alkanes of at least 4 members (excludes halogenated alkanes) is 1. The summed E-state index contributed by atoms with van der Waals surface area (Å²) in [5.41, 5.74) is 0. The van der Waals surface area contributed by atoms with Crippen LogP contribution in [0.3, 0.4) is 0 Å². The summed E-state index contributed by atoms with van der Waals surface area (Å²) in [6, 6.07) is -1.08. The average Bonchev–Trinajstić information content (AvgIpc) is 3.27. The third-order valence-electron chi connectivity index (χ3n) is 7.17. The molecular weight excluding hydrogens is 588 g/mol. The maximum Gasteiger partial charge on any atom is 0.308 e. The van der Waals surface area contributed by atoms with Gasteiger partial charge in [0.2, 0.25) is 11.8 Å². The zero-order valence-electron chi connectivity index (χ0n) is 25.9. The van der Waals surface area contributed by atoms with Gasteiger partial charge in [0.05, 0.1) is 26.2 Å². The van der Waals surface area contributed by atoms with Crippen LogP contribution in [-0.4, -0.2) is 129 Å². The van der Waals surface area contributed by atoms with Gasteiger partial charge in [-0.05, 0) is 25.7 Å². The molecule has 9 atom stereocenters. The molecule has 0 spiro atoms. The minimum Gasteiger partial charge on any atom is -0.469 e. The summed E-state index contributed by atoms with van der Waals surface area (Å²) < 4.78 is 38.2. The van der Waals surface area contributed by atoms with Crippen LogP contribution in [0.5, 0.6) is 0 Å². The largest absolute Gasteiger partial charge is 0.469 e. The van der Waals surface area contributed by atoms with Gasteiger partial charge in [0.25, 0.3) is 0 Å². The quantitative estimate of drug-likeness (QED) is 0.0846. The molecule has 0 bridgehead atoms. The lowest BCUT2D eigenvalue weighted by Gasteiger charge is -2.45. The molecule has 2 aliphatic rings. The fraction of sp³-hybridized carbons (Fsp3) is 0.821. The second-order valence-corrected chi connectivity index (χ2v) is 10.6. The van der Waals surface area contributed by atoms with Gasteiger partial charge in [-0.25, -0.2) is 0 Å². The summed E-state index contributed by atoms with van der Waals surface area (Å²) >= 11 is 0. The van der Waals surface area contributed by atoms with Gasteiger partial charge in [0.15, 0.2) is 18.5 Å². The number of methoxy groups -OCH3 is 2. The molecular formula is C28H46N2O14. The van der Waals surface area contributed by atoms with Gasteiger partial charge in [0.1, 0.15) is 30.5 Å². The zero-order chi connectivity index (χ0) is 32.8. The van der Waals surface area contributed by atoms with Crippen LogP contribution in [0.1, 0.15) is 59.3 Å². The molecule has 16 heteroatoms. The van der Waals surface area contributed by atoms with Crippen LogP contribution in [0.15, 0.2) is 0 Å². The second kappa shape index (κ2) is 18.8. The molecule has 0 saturated carbocycles. The minimum absolute atomic E-state index is 0.0930. The van der Waals surface area contributed by atoms with Crippen molar-refractivity contribution >= 4 is 29.7 Å². The number of carbonyl (C=O) groups is 5. The predicted molar refractivity (Wildman–Crippen MR) is 149 cm³/mol. The minimum atomic E-state index is -1.24. The Labute approximate surface area is 256 Å². The molecule has 252 valence electrons. The van der Waals surface area contributed by atoms with E-state index in [4.69, 9.17) is 33.2 Å². The molecule has 0 radical (unpaired) electrons. The van der Waals surface area contributed by atoms with Crippen LogP contribution >= 0.6 is 0 Å². The van der Waals surface area contributed by atoms with Gasteiger partial charge in [0, 0.05) is 47.5 Å². The normalized spacial score (nSPS) is 29.8. The summed E-state index contributed by atoms with van der Waals surface area (Å²) in [6.07, 6.45) is -5.44. The first-order chi connectivity index (χ1) is 20.9. The maximum absolute atomic E-state index is 12.3. The van der Waals surface area contributed by atoms with Crippen molar-refractivity contribution in [3.63, 3.8) is 0 Å². The van der Waals surface area contributed by atoms with Crippen LogP contribution in [0.4, 0.5) is 0 Å². The van der Waals surface area contributed by atoms with Gasteiger partial charge in [-0.15, -0.1) is 0 Å². The van der Waals surface area contributed by atoms with Crippen molar-refractivity contribution in [3.8, 4) is 0 Å². The molecule has 0 unspecified atom stereocenters. The molecule has 2 heterocycles. The van der Waals surface area contributed by atoms with E-state index in [0.29, 0.717) is 32.2 Å². The summed E-state index contributed by atoms with van der Waals surface area (Å²) in [5, 5.41) is 24.9. The summed E-state index contributed by atoms with van der Waals surface area (Å²) in [5.74, 6) is -2.76. The highest BCUT2D eigenvalue weighted by molar-refractivity contribution is 5.75. The Morgan fingerprint density at radius 2 is 1.52 bits per heavy atom. The van der Waals surface area contributed by atoms with E-state index >= 15 is 0 Å². The van der Waals surface area contributed by atoms with Crippen molar-refractivity contribution in [3.05, 3.63) is 0 Å². The molecule has 16 nitrogen and oxygen atoms in total. The molecule has 2 amide bonds. The van der Waals surface area contributed by atoms with Crippen molar-refractivity contribution in [1.29, 1.82) is 0 Å². The molecule has 0 aliphatic carbocycles. The Morgan fingerprint density at radius 3 is 2.11 bits per heavy atom. The van der Waals surface area contributed by atoms with Gasteiger partial charge in [-0.1, -0.05) is 0 Å². The zero-order valence-corrected chi connectivity index (χ0v) is 25.9. The molecule has 0 aromatic heterocycles. The molecule has 0 aromatic carbocycles. The molecule has 4 N–H and O–H groups in total. The van der Waals surface area contributed by atoms with E-state index in [1.54, 1.807) is 0 Å². The average molecular weight is 635 g/mol. The third-order valence-corrected chi connectivity index (χ3v) is 7.17. The van der Waals surface area contributed by atoms with Crippen LogP contribution in [0.2, 0.25) is 0 Å². The van der Waals surface area contributed by atoms with E-state index in [1.807, 2.05) is 0 Å². The Morgan fingerprint density at radius 1 is 0.841 bits per heavy atom. The van der Waals surface area contributed by atoms with E-state index in [1.165, 1.54) is 21.1 Å². The SMILES string of the molecule is COC(=O)C[C@H]1O[C@@H](OCCCCC(=O)NCCC[C@@H]2O[C@H](CO)[C@@H](O)[C@H]2OC)[C@H](NC(C)=O)[C@@H](OC(C)=O)[C@@H]1OC(C)=O. The molecule has 0 aromatic rings. The van der Waals surface area contributed by atoms with Crippen LogP contribution in [0.25, 0.3) is 0 Å². The van der Waals surface area contributed by atoms with Crippen LogP contribution in [-0.2, 0) is 57.1 Å². The van der Waals surface area contributed by atoms with Gasteiger partial charge >= 0.3 is 17.9 Å². The number of hydrogen-bond donors (Lipinski definition) is 4. The van der Waals surface area contributed by atoms with Crippen LogP contribution < -0.4 is 10.6 Å². The van der Waals surface area contributed by atoms with Crippen molar-refractivity contribution in [2.24, 2.45) is 0 Å². The van der Waals surface area contributed by atoms with E-state index < -0.39 is 72.8 Å². The molecule has 2 aliphatic heterocycles. The van der Waals surface area contributed by atoms with Gasteiger partial charge < -0.3 is 54.0 Å². The predicted octanol–water partition coefficient (Wildman–Crippen LogP) is -1.14. The van der Waals surface area contributed by atoms with E-state index in [-0.39, 0.29) is 38.1 Å². The smallest absolute Gasteiger partial charge is 0.308 e. The number of ether oxygens (including phenoxy) is 7. The Bertz CT molecular complexity index is 965. The number of amides is 2. The monoisotopic (exact) mass is 634 g/mol. The number of hydrogen-bond acceptors (Lipinski definition) is 14. The van der Waals surface area contributed by atoms with E-state index in [0.717, 1.165) is 13.8 Å². The van der Waals surface area contributed by atoms with Crippen LogP contribution in [0, 0.1) is 0 Å². The lowest BCUT2D eigenvalue weighted by Crippen LogP contribution is -2.66. The van der Waals surface area contributed by atoms with E-state index in [9.17, 15) is 34.2 Å². The molecule has 2 rings (SSSR count). The number of nitrogens with one attached hydrogen (secondary N) is 2. The maximum atomic E-state index is 12.3. The highest BCUT2D eigenvalue weighted by Crippen LogP contribution is 2.30. The third kappa shape index (κ3) is 11.6. The van der Waals surface area contributed by atoms with E-state index in [2.05, 4.69) is 10.6 Å². The number of esters is 3. The van der Waals surface area contributed by atoms with Crippen molar-refractivity contribution < 1.29 is 67.3 Å². The van der Waals surface area contributed by atoms with Crippen molar-refractivity contribution in [2.75, 3.05) is 34.0 Å². The lowest BCUT2D eigenvalue weighted by atomic mass is 9.94. The Hall–Kier alpha value is -2.89.